The highest BCUT2D eigenvalue weighted by Crippen LogP contribution is 2.20. The molecule has 1 amide bonds. The number of carbonyl (C=O) groups excluding carboxylic acids is 1. The highest BCUT2D eigenvalue weighted by Gasteiger charge is 2.30. The summed E-state index contributed by atoms with van der Waals surface area (Å²) in [5, 5.41) is 6.78. The first-order chi connectivity index (χ1) is 8.72. The quantitative estimate of drug-likeness (QED) is 0.876. The monoisotopic (exact) mass is 290 g/mol. The number of ether oxygens (including phenoxy) is 1. The largest absolute Gasteiger partial charge is 0.378 e. The maximum atomic E-state index is 11.9. The van der Waals surface area contributed by atoms with Gasteiger partial charge in [0, 0.05) is 31.2 Å². The third kappa shape index (κ3) is 3.17. The molecule has 8 heteroatoms. The van der Waals surface area contributed by atoms with Gasteiger partial charge in [-0.2, -0.15) is 0 Å². The van der Waals surface area contributed by atoms with Crippen LogP contribution in [0.4, 0.5) is 0 Å². The van der Waals surface area contributed by atoms with Gasteiger partial charge in [-0.05, 0) is 6.92 Å². The lowest BCUT2D eigenvalue weighted by atomic mass is 10.2. The van der Waals surface area contributed by atoms with Crippen LogP contribution in [-0.4, -0.2) is 52.7 Å². The molecule has 1 aliphatic rings. The van der Waals surface area contributed by atoms with Gasteiger partial charge in [0.05, 0.1) is 13.2 Å². The normalized spacial score (nSPS) is 20.9. The van der Waals surface area contributed by atoms with E-state index in [4.69, 9.17) is 16.3 Å². The number of morpholine rings is 1. The molecule has 1 fully saturated rings. The number of amides is 1. The predicted octanol–water partition coefficient (Wildman–Crippen LogP) is 0.528. The zero-order valence-corrected chi connectivity index (χ0v) is 11.6. The summed E-state index contributed by atoms with van der Waals surface area (Å²) >= 11 is 7.14. The van der Waals surface area contributed by atoms with Gasteiger partial charge in [-0.1, -0.05) is 16.1 Å². The molecule has 1 saturated heterocycles. The molecule has 18 heavy (non-hydrogen) atoms. The summed E-state index contributed by atoms with van der Waals surface area (Å²) in [5.41, 5.74) is 0.720. The van der Waals surface area contributed by atoms with Crippen LogP contribution in [0.2, 0.25) is 4.34 Å². The molecule has 0 radical (unpaired) electrons. The van der Waals surface area contributed by atoms with E-state index in [9.17, 15) is 4.79 Å². The van der Waals surface area contributed by atoms with Gasteiger partial charge in [0.1, 0.15) is 16.1 Å². The topological polar surface area (TPSA) is 67.3 Å². The second-order valence-electron chi connectivity index (χ2n) is 3.95. The third-order valence-electron chi connectivity index (χ3n) is 2.76. The minimum Gasteiger partial charge on any atom is -0.378 e. The summed E-state index contributed by atoms with van der Waals surface area (Å²) < 4.78 is 9.73. The maximum absolute atomic E-state index is 11.9. The highest BCUT2D eigenvalue weighted by molar-refractivity contribution is 7.10. The van der Waals surface area contributed by atoms with Crippen LogP contribution in [0.1, 0.15) is 12.6 Å². The van der Waals surface area contributed by atoms with E-state index >= 15 is 0 Å². The Morgan fingerprint density at radius 2 is 2.56 bits per heavy atom. The van der Waals surface area contributed by atoms with Gasteiger partial charge in [-0.25, -0.2) is 0 Å². The van der Waals surface area contributed by atoms with Crippen LogP contribution in [0.15, 0.2) is 0 Å². The Bertz CT molecular complexity index is 414. The van der Waals surface area contributed by atoms with Gasteiger partial charge in [-0.3, -0.25) is 9.69 Å². The molecule has 0 saturated carbocycles. The van der Waals surface area contributed by atoms with Crippen molar-refractivity contribution in [1.82, 2.24) is 19.8 Å². The summed E-state index contributed by atoms with van der Waals surface area (Å²) in [6.45, 7) is 4.75. The molecule has 1 aromatic heterocycles. The first-order valence-electron chi connectivity index (χ1n) is 5.78. The average Bonchev–Trinajstić information content (AvgIpc) is 2.76. The van der Waals surface area contributed by atoms with Crippen molar-refractivity contribution in [3.05, 3.63) is 10.0 Å². The van der Waals surface area contributed by atoms with Crippen LogP contribution in [0.5, 0.6) is 0 Å². The minimum absolute atomic E-state index is 0.0171. The van der Waals surface area contributed by atoms with Crippen molar-refractivity contribution in [3.63, 3.8) is 0 Å². The van der Waals surface area contributed by atoms with E-state index in [2.05, 4.69) is 14.9 Å². The molecule has 1 aliphatic heterocycles. The molecule has 0 aliphatic carbocycles. The van der Waals surface area contributed by atoms with Gasteiger partial charge < -0.3 is 10.1 Å². The number of hydrogen-bond donors (Lipinski definition) is 1. The van der Waals surface area contributed by atoms with Crippen molar-refractivity contribution in [3.8, 4) is 0 Å². The maximum Gasteiger partial charge on any atom is 0.239 e. The molecule has 0 bridgehead atoms. The predicted molar refractivity (Wildman–Crippen MR) is 68.6 cm³/mol. The number of halogens is 1. The average molecular weight is 291 g/mol. The Kier molecular flexibility index (Phi) is 4.87. The Morgan fingerprint density at radius 3 is 3.22 bits per heavy atom. The van der Waals surface area contributed by atoms with Gasteiger partial charge >= 0.3 is 0 Å². The van der Waals surface area contributed by atoms with Crippen molar-refractivity contribution in [1.29, 1.82) is 0 Å². The summed E-state index contributed by atoms with van der Waals surface area (Å²) in [7, 11) is 0. The fourth-order valence-corrected chi connectivity index (χ4v) is 2.46. The summed E-state index contributed by atoms with van der Waals surface area (Å²) in [6, 6.07) is -0.281. The van der Waals surface area contributed by atoms with Gasteiger partial charge in [-0.15, -0.1) is 5.10 Å². The number of likely N-dealkylation sites (N-methyl/N-ethyl adjacent to an activating group) is 1. The lowest BCUT2D eigenvalue weighted by molar-refractivity contribution is -0.132. The molecule has 100 valence electrons. The molecule has 2 heterocycles. The summed E-state index contributed by atoms with van der Waals surface area (Å²) in [5.74, 6) is -0.0171. The van der Waals surface area contributed by atoms with E-state index in [0.717, 1.165) is 17.2 Å². The van der Waals surface area contributed by atoms with E-state index in [-0.39, 0.29) is 11.9 Å². The Labute approximate surface area is 114 Å². The van der Waals surface area contributed by atoms with Crippen molar-refractivity contribution in [2.75, 3.05) is 26.3 Å². The van der Waals surface area contributed by atoms with E-state index < -0.39 is 0 Å². The minimum atomic E-state index is -0.281. The molecule has 2 rings (SSSR count). The number of carbonyl (C=O) groups is 1. The van der Waals surface area contributed by atoms with Crippen molar-refractivity contribution >= 4 is 29.0 Å². The molecule has 6 nitrogen and oxygen atoms in total. The molecule has 1 atom stereocenters. The summed E-state index contributed by atoms with van der Waals surface area (Å²) in [4.78, 5) is 13.9. The van der Waals surface area contributed by atoms with Gasteiger partial charge in [0.25, 0.3) is 0 Å². The number of rotatable bonds is 4. The van der Waals surface area contributed by atoms with Crippen LogP contribution >= 0.6 is 23.1 Å². The molecular formula is C10H15ClN4O2S. The lowest BCUT2D eigenvalue weighted by Crippen LogP contribution is -2.53. The van der Waals surface area contributed by atoms with Crippen molar-refractivity contribution in [2.45, 2.75) is 19.5 Å². The second kappa shape index (κ2) is 6.42. The van der Waals surface area contributed by atoms with Crippen LogP contribution in [-0.2, 0) is 16.1 Å². The van der Waals surface area contributed by atoms with Crippen LogP contribution in [0.3, 0.4) is 0 Å². The first-order valence-corrected chi connectivity index (χ1v) is 6.93. The van der Waals surface area contributed by atoms with Crippen LogP contribution < -0.4 is 5.32 Å². The molecule has 0 aromatic carbocycles. The molecule has 1 aromatic rings. The lowest BCUT2D eigenvalue weighted by Gasteiger charge is -2.33. The van der Waals surface area contributed by atoms with Gasteiger partial charge in [0.15, 0.2) is 0 Å². The number of aromatic nitrogens is 2. The van der Waals surface area contributed by atoms with E-state index in [1.54, 1.807) is 0 Å². The number of hydrogen-bond acceptors (Lipinski definition) is 6. The van der Waals surface area contributed by atoms with Crippen LogP contribution in [0, 0.1) is 0 Å². The zero-order chi connectivity index (χ0) is 13.0. The number of nitrogens with zero attached hydrogens (tertiary/aromatic N) is 3. The van der Waals surface area contributed by atoms with Crippen molar-refractivity contribution < 1.29 is 9.53 Å². The molecule has 1 N–H and O–H groups in total. The summed E-state index contributed by atoms with van der Waals surface area (Å²) in [6.07, 6.45) is 0. The highest BCUT2D eigenvalue weighted by atomic mass is 35.5. The second-order valence-corrected chi connectivity index (χ2v) is 5.31. The third-order valence-corrected chi connectivity index (χ3v) is 3.74. The fraction of sp³-hybridized carbons (Fsp3) is 0.700. The smallest absolute Gasteiger partial charge is 0.239 e. The Balaban J connectivity index is 2.04. The van der Waals surface area contributed by atoms with Crippen LogP contribution in [0.25, 0.3) is 0 Å². The first kappa shape index (κ1) is 13.7. The molecular weight excluding hydrogens is 276 g/mol. The standard InChI is InChI=1S/C10H15ClN4O2S/c1-2-12-10(16)8-6-17-4-3-15(8)5-7-9(11)18-14-13-7/h8H,2-6H2,1H3,(H,12,16). The van der Waals surface area contributed by atoms with Gasteiger partial charge in [0.2, 0.25) is 5.91 Å². The van der Waals surface area contributed by atoms with Crippen molar-refractivity contribution in [2.24, 2.45) is 0 Å². The molecule has 1 unspecified atom stereocenters. The fourth-order valence-electron chi connectivity index (χ4n) is 1.84. The SMILES string of the molecule is CCNC(=O)C1COCCN1Cc1nnsc1Cl. The van der Waals surface area contributed by atoms with E-state index in [0.29, 0.717) is 37.2 Å². The Morgan fingerprint density at radius 1 is 1.72 bits per heavy atom. The van der Waals surface area contributed by atoms with E-state index in [1.807, 2.05) is 11.8 Å². The molecule has 0 spiro atoms. The number of nitrogens with one attached hydrogen (secondary N) is 1. The zero-order valence-electron chi connectivity index (χ0n) is 10.1. The Hall–Kier alpha value is -0.760. The van der Waals surface area contributed by atoms with E-state index in [1.165, 1.54) is 0 Å².